The van der Waals surface area contributed by atoms with Gasteiger partial charge in [0, 0.05) is 21.8 Å². The topological polar surface area (TPSA) is 58.2 Å². The van der Waals surface area contributed by atoms with Crippen LogP contribution in [-0.4, -0.2) is 17.1 Å². The maximum Gasteiger partial charge on any atom is 0.255 e. The molecule has 3 aromatic carbocycles. The summed E-state index contributed by atoms with van der Waals surface area (Å²) in [5.41, 5.74) is 5.40. The van der Waals surface area contributed by atoms with Crippen LogP contribution in [0.2, 0.25) is 0 Å². The Morgan fingerprint density at radius 1 is 0.800 bits per heavy atom. The number of hydrogen-bond acceptors (Lipinski definition) is 3. The molecule has 1 atom stereocenters. The second kappa shape index (κ2) is 9.63. The van der Waals surface area contributed by atoms with E-state index in [0.717, 1.165) is 33.0 Å². The number of carbonyl (C=O) groups is 2. The van der Waals surface area contributed by atoms with E-state index in [4.69, 9.17) is 0 Å². The number of aryl methyl sites for hydroxylation is 2. The molecule has 0 saturated heterocycles. The predicted octanol–water partition coefficient (Wildman–Crippen LogP) is 5.98. The van der Waals surface area contributed by atoms with E-state index in [2.05, 4.69) is 10.6 Å². The lowest BCUT2D eigenvalue weighted by molar-refractivity contribution is -0.115. The number of hydrogen-bond donors (Lipinski definition) is 2. The summed E-state index contributed by atoms with van der Waals surface area (Å²) in [6.07, 6.45) is 0. The largest absolute Gasteiger partial charge is 0.325 e. The second-order valence-electron chi connectivity index (χ2n) is 7.29. The van der Waals surface area contributed by atoms with E-state index < -0.39 is 0 Å². The first-order valence-corrected chi connectivity index (χ1v) is 10.7. The highest BCUT2D eigenvalue weighted by Gasteiger charge is 2.16. The van der Waals surface area contributed by atoms with E-state index in [-0.39, 0.29) is 17.1 Å². The number of amides is 2. The van der Waals surface area contributed by atoms with Crippen molar-refractivity contribution in [1.82, 2.24) is 0 Å². The molecule has 0 fully saturated rings. The van der Waals surface area contributed by atoms with Crippen LogP contribution >= 0.6 is 11.8 Å². The number of nitrogens with one attached hydrogen (secondary N) is 2. The molecule has 0 heterocycles. The first-order chi connectivity index (χ1) is 14.3. The van der Waals surface area contributed by atoms with Crippen molar-refractivity contribution in [3.8, 4) is 0 Å². The highest BCUT2D eigenvalue weighted by Crippen LogP contribution is 2.27. The zero-order valence-electron chi connectivity index (χ0n) is 17.7. The SMILES string of the molecule is Cc1ccccc1C(=O)Nc1ccc(SC(C)C(=O)Nc2cccc(C)c2C)cc1. The fourth-order valence-corrected chi connectivity index (χ4v) is 3.89. The van der Waals surface area contributed by atoms with Crippen LogP contribution < -0.4 is 10.6 Å². The summed E-state index contributed by atoms with van der Waals surface area (Å²) in [7, 11) is 0. The average molecular weight is 419 g/mol. The number of thioether (sulfide) groups is 1. The molecule has 0 aliphatic heterocycles. The number of rotatable bonds is 6. The van der Waals surface area contributed by atoms with Gasteiger partial charge < -0.3 is 10.6 Å². The van der Waals surface area contributed by atoms with Gasteiger partial charge in [-0.25, -0.2) is 0 Å². The quantitative estimate of drug-likeness (QED) is 0.484. The number of carbonyl (C=O) groups excluding carboxylic acids is 2. The van der Waals surface area contributed by atoms with Gasteiger partial charge in [-0.15, -0.1) is 11.8 Å². The van der Waals surface area contributed by atoms with Crippen molar-refractivity contribution < 1.29 is 9.59 Å². The third-order valence-electron chi connectivity index (χ3n) is 5.05. The van der Waals surface area contributed by atoms with Crippen LogP contribution in [0.15, 0.2) is 71.6 Å². The maximum atomic E-state index is 12.6. The zero-order chi connectivity index (χ0) is 21.7. The van der Waals surface area contributed by atoms with Crippen LogP contribution in [0, 0.1) is 20.8 Å². The molecule has 4 nitrogen and oxygen atoms in total. The van der Waals surface area contributed by atoms with E-state index in [1.807, 2.05) is 94.4 Å². The number of anilines is 2. The Morgan fingerprint density at radius 2 is 1.47 bits per heavy atom. The van der Waals surface area contributed by atoms with E-state index in [0.29, 0.717) is 5.56 Å². The van der Waals surface area contributed by atoms with Crippen molar-refractivity contribution >= 4 is 35.0 Å². The lowest BCUT2D eigenvalue weighted by atomic mass is 10.1. The van der Waals surface area contributed by atoms with Crippen LogP contribution in [-0.2, 0) is 4.79 Å². The molecule has 0 saturated carbocycles. The van der Waals surface area contributed by atoms with Gasteiger partial charge in [0.05, 0.1) is 5.25 Å². The van der Waals surface area contributed by atoms with Crippen molar-refractivity contribution in [3.63, 3.8) is 0 Å². The fraction of sp³-hybridized carbons (Fsp3) is 0.200. The Labute approximate surface area is 182 Å². The normalized spacial score (nSPS) is 11.6. The van der Waals surface area contributed by atoms with Crippen molar-refractivity contribution in [1.29, 1.82) is 0 Å². The van der Waals surface area contributed by atoms with Crippen LogP contribution in [0.4, 0.5) is 11.4 Å². The van der Waals surface area contributed by atoms with Gasteiger partial charge in [-0.05, 0) is 80.8 Å². The molecule has 0 aromatic heterocycles. The summed E-state index contributed by atoms with van der Waals surface area (Å²) in [6, 6.07) is 20.9. The highest BCUT2D eigenvalue weighted by atomic mass is 32.2. The Bertz CT molecular complexity index is 1060. The van der Waals surface area contributed by atoms with Crippen molar-refractivity contribution in [2.75, 3.05) is 10.6 Å². The minimum absolute atomic E-state index is 0.0365. The third-order valence-corrected chi connectivity index (χ3v) is 6.16. The minimum Gasteiger partial charge on any atom is -0.325 e. The lowest BCUT2D eigenvalue weighted by Crippen LogP contribution is -2.22. The summed E-state index contributed by atoms with van der Waals surface area (Å²) in [4.78, 5) is 26.0. The van der Waals surface area contributed by atoms with Crippen LogP contribution in [0.5, 0.6) is 0 Å². The van der Waals surface area contributed by atoms with Crippen LogP contribution in [0.3, 0.4) is 0 Å². The molecular formula is C25H26N2O2S. The molecule has 1 unspecified atom stereocenters. The molecule has 0 aliphatic rings. The molecular weight excluding hydrogens is 392 g/mol. The zero-order valence-corrected chi connectivity index (χ0v) is 18.5. The van der Waals surface area contributed by atoms with Gasteiger partial charge in [-0.1, -0.05) is 30.3 Å². The molecule has 0 spiro atoms. The van der Waals surface area contributed by atoms with Crippen molar-refractivity contribution in [3.05, 3.63) is 89.0 Å². The maximum absolute atomic E-state index is 12.6. The van der Waals surface area contributed by atoms with Gasteiger partial charge in [-0.3, -0.25) is 9.59 Å². The van der Waals surface area contributed by atoms with Crippen LogP contribution in [0.1, 0.15) is 34.0 Å². The average Bonchev–Trinajstić information content (AvgIpc) is 2.73. The summed E-state index contributed by atoms with van der Waals surface area (Å²) in [5, 5.41) is 5.68. The fourth-order valence-electron chi connectivity index (χ4n) is 3.02. The molecule has 2 amide bonds. The second-order valence-corrected chi connectivity index (χ2v) is 8.70. The first-order valence-electron chi connectivity index (χ1n) is 9.86. The third kappa shape index (κ3) is 5.30. The van der Waals surface area contributed by atoms with Gasteiger partial charge in [0.15, 0.2) is 0 Å². The van der Waals surface area contributed by atoms with Gasteiger partial charge in [0.2, 0.25) is 5.91 Å². The van der Waals surface area contributed by atoms with Crippen molar-refractivity contribution in [2.45, 2.75) is 37.8 Å². The van der Waals surface area contributed by atoms with E-state index in [1.54, 1.807) is 0 Å². The van der Waals surface area contributed by atoms with E-state index in [9.17, 15) is 9.59 Å². The van der Waals surface area contributed by atoms with Gasteiger partial charge in [-0.2, -0.15) is 0 Å². The molecule has 3 rings (SSSR count). The molecule has 2 N–H and O–H groups in total. The van der Waals surface area contributed by atoms with Crippen molar-refractivity contribution in [2.24, 2.45) is 0 Å². The molecule has 0 bridgehead atoms. The smallest absolute Gasteiger partial charge is 0.255 e. The van der Waals surface area contributed by atoms with Gasteiger partial charge in [0.1, 0.15) is 0 Å². The summed E-state index contributed by atoms with van der Waals surface area (Å²) >= 11 is 1.48. The first kappa shape index (κ1) is 21.7. The van der Waals surface area contributed by atoms with Gasteiger partial charge >= 0.3 is 0 Å². The number of benzene rings is 3. The lowest BCUT2D eigenvalue weighted by Gasteiger charge is -2.15. The summed E-state index contributed by atoms with van der Waals surface area (Å²) in [6.45, 7) is 7.84. The standard InChI is InChI=1S/C25H26N2O2S/c1-16-9-7-11-23(18(16)3)27-24(28)19(4)30-21-14-12-20(13-15-21)26-25(29)22-10-6-5-8-17(22)2/h5-15,19H,1-4H3,(H,26,29)(H,27,28). The van der Waals surface area contributed by atoms with Crippen LogP contribution in [0.25, 0.3) is 0 Å². The highest BCUT2D eigenvalue weighted by molar-refractivity contribution is 8.00. The Kier molecular flexibility index (Phi) is 6.95. The summed E-state index contributed by atoms with van der Waals surface area (Å²) in [5.74, 6) is -0.166. The Morgan fingerprint density at radius 3 is 2.17 bits per heavy atom. The predicted molar refractivity (Wildman–Crippen MR) is 125 cm³/mol. The van der Waals surface area contributed by atoms with E-state index >= 15 is 0 Å². The Hall–Kier alpha value is -3.05. The Balaban J connectivity index is 1.59. The molecule has 0 aliphatic carbocycles. The molecule has 5 heteroatoms. The molecule has 30 heavy (non-hydrogen) atoms. The minimum atomic E-state index is -0.252. The monoisotopic (exact) mass is 418 g/mol. The molecule has 3 aromatic rings. The molecule has 154 valence electrons. The van der Waals surface area contributed by atoms with Gasteiger partial charge in [0.25, 0.3) is 5.91 Å². The van der Waals surface area contributed by atoms with E-state index in [1.165, 1.54) is 11.8 Å². The summed E-state index contributed by atoms with van der Waals surface area (Å²) < 4.78 is 0. The molecule has 0 radical (unpaired) electrons.